The number of benzene rings is 2. The summed E-state index contributed by atoms with van der Waals surface area (Å²) in [6.45, 7) is 2.10. The number of hydrogen-bond acceptors (Lipinski definition) is 4. The van der Waals surface area contributed by atoms with Crippen LogP contribution in [-0.2, 0) is 16.1 Å². The summed E-state index contributed by atoms with van der Waals surface area (Å²) in [5.74, 6) is -2.24. The van der Waals surface area contributed by atoms with Gasteiger partial charge in [-0.3, -0.25) is 14.6 Å². The van der Waals surface area contributed by atoms with Crippen LogP contribution in [0.25, 0.3) is 5.76 Å². The van der Waals surface area contributed by atoms with Crippen molar-refractivity contribution >= 4 is 17.4 Å². The van der Waals surface area contributed by atoms with Gasteiger partial charge < -0.3 is 10.0 Å². The van der Waals surface area contributed by atoms with Gasteiger partial charge in [0.2, 0.25) is 0 Å². The minimum Gasteiger partial charge on any atom is -0.507 e. The van der Waals surface area contributed by atoms with Crippen LogP contribution in [0.5, 0.6) is 0 Å². The molecule has 0 bridgehead atoms. The van der Waals surface area contributed by atoms with E-state index in [9.17, 15) is 19.1 Å². The smallest absolute Gasteiger partial charge is 0.295 e. The third-order valence-electron chi connectivity index (χ3n) is 5.12. The molecule has 1 unspecified atom stereocenters. The van der Waals surface area contributed by atoms with Crippen LogP contribution in [0.2, 0.25) is 0 Å². The van der Waals surface area contributed by atoms with Crippen molar-refractivity contribution in [2.24, 2.45) is 0 Å². The van der Waals surface area contributed by atoms with E-state index in [0.717, 1.165) is 11.1 Å². The van der Waals surface area contributed by atoms with Crippen LogP contribution >= 0.6 is 0 Å². The average molecular weight is 402 g/mol. The Morgan fingerprint density at radius 2 is 1.77 bits per heavy atom. The summed E-state index contributed by atoms with van der Waals surface area (Å²) >= 11 is 0. The fraction of sp³-hybridized carbons (Fsp3) is 0.125. The number of aryl methyl sites for hydroxylation is 1. The number of aliphatic hydroxyl groups is 1. The average Bonchev–Trinajstić information content (AvgIpc) is 2.99. The molecule has 2 heterocycles. The number of hydrogen-bond donors (Lipinski definition) is 1. The molecule has 0 radical (unpaired) electrons. The molecule has 1 amide bonds. The Labute approximate surface area is 173 Å². The maximum absolute atomic E-state index is 13.3. The summed E-state index contributed by atoms with van der Waals surface area (Å²) in [4.78, 5) is 31.3. The third kappa shape index (κ3) is 3.59. The molecule has 1 aromatic heterocycles. The van der Waals surface area contributed by atoms with E-state index < -0.39 is 23.5 Å². The molecule has 0 spiro atoms. The van der Waals surface area contributed by atoms with E-state index in [-0.39, 0.29) is 23.4 Å². The molecule has 30 heavy (non-hydrogen) atoms. The number of aromatic nitrogens is 1. The summed E-state index contributed by atoms with van der Waals surface area (Å²) in [5.41, 5.74) is 2.75. The third-order valence-corrected chi connectivity index (χ3v) is 5.12. The number of carbonyl (C=O) groups excluding carboxylic acids is 2. The molecule has 1 fully saturated rings. The summed E-state index contributed by atoms with van der Waals surface area (Å²) in [6, 6.07) is 15.4. The molecular formula is C24H19FN2O3. The zero-order chi connectivity index (χ0) is 21.3. The van der Waals surface area contributed by atoms with Crippen LogP contribution in [0, 0.1) is 12.7 Å². The molecular weight excluding hydrogens is 383 g/mol. The van der Waals surface area contributed by atoms with Crippen LogP contribution in [0.1, 0.15) is 28.3 Å². The van der Waals surface area contributed by atoms with Crippen molar-refractivity contribution in [2.45, 2.75) is 19.5 Å². The largest absolute Gasteiger partial charge is 0.507 e. The van der Waals surface area contributed by atoms with Gasteiger partial charge in [-0.15, -0.1) is 0 Å². The Morgan fingerprint density at radius 1 is 1.07 bits per heavy atom. The number of pyridine rings is 1. The number of Topliss-reactive ketones (excluding diaryl/α,β-unsaturated/α-hetero) is 1. The van der Waals surface area contributed by atoms with Crippen molar-refractivity contribution < 1.29 is 19.1 Å². The number of nitrogens with zero attached hydrogens (tertiary/aromatic N) is 2. The van der Waals surface area contributed by atoms with Gasteiger partial charge in [0.15, 0.2) is 0 Å². The van der Waals surface area contributed by atoms with E-state index in [1.54, 1.807) is 24.5 Å². The second-order valence-electron chi connectivity index (χ2n) is 7.20. The van der Waals surface area contributed by atoms with Crippen LogP contribution in [0.3, 0.4) is 0 Å². The predicted molar refractivity (Wildman–Crippen MR) is 110 cm³/mol. The van der Waals surface area contributed by atoms with Crippen molar-refractivity contribution in [1.29, 1.82) is 0 Å². The van der Waals surface area contributed by atoms with E-state index in [1.807, 2.05) is 31.2 Å². The molecule has 5 nitrogen and oxygen atoms in total. The van der Waals surface area contributed by atoms with Crippen molar-refractivity contribution in [2.75, 3.05) is 0 Å². The van der Waals surface area contributed by atoms with Gasteiger partial charge in [-0.25, -0.2) is 4.39 Å². The molecule has 0 aliphatic carbocycles. The van der Waals surface area contributed by atoms with Crippen molar-refractivity contribution in [3.05, 3.63) is 107 Å². The fourth-order valence-electron chi connectivity index (χ4n) is 3.68. The first-order chi connectivity index (χ1) is 14.5. The van der Waals surface area contributed by atoms with E-state index >= 15 is 0 Å². The van der Waals surface area contributed by atoms with Crippen LogP contribution in [0.15, 0.2) is 78.6 Å². The molecule has 4 rings (SSSR count). The van der Waals surface area contributed by atoms with Crippen molar-refractivity contribution in [1.82, 2.24) is 9.88 Å². The Hall–Kier alpha value is -3.80. The van der Waals surface area contributed by atoms with Crippen LogP contribution in [0.4, 0.5) is 4.39 Å². The Balaban J connectivity index is 1.87. The second-order valence-corrected chi connectivity index (χ2v) is 7.20. The highest BCUT2D eigenvalue weighted by molar-refractivity contribution is 6.46. The number of halogens is 1. The molecule has 2 aromatic carbocycles. The molecule has 1 aliphatic heterocycles. The number of ketones is 1. The molecule has 1 aliphatic rings. The zero-order valence-electron chi connectivity index (χ0n) is 16.2. The van der Waals surface area contributed by atoms with E-state index in [2.05, 4.69) is 4.98 Å². The van der Waals surface area contributed by atoms with E-state index in [0.29, 0.717) is 5.56 Å². The number of aliphatic hydroxyl groups excluding tert-OH is 1. The number of amides is 1. The molecule has 6 heteroatoms. The highest BCUT2D eigenvalue weighted by Crippen LogP contribution is 2.40. The minimum atomic E-state index is -0.766. The standard InChI is InChI=1S/C24H19FN2O3/c1-15-3-2-4-18(13-15)21-20(22(28)17-5-7-19(25)8-6-17)23(29)24(30)27(21)14-16-9-11-26-12-10-16/h2-13,21,28H,14H2,1H3/b22-20-. The van der Waals surface area contributed by atoms with Crippen LogP contribution < -0.4 is 0 Å². The molecule has 1 N–H and O–H groups in total. The summed E-state index contributed by atoms with van der Waals surface area (Å²) in [5, 5.41) is 10.9. The lowest BCUT2D eigenvalue weighted by molar-refractivity contribution is -0.140. The Kier molecular flexibility index (Phi) is 5.14. The maximum atomic E-state index is 13.3. The second kappa shape index (κ2) is 7.91. The number of rotatable bonds is 4. The zero-order valence-corrected chi connectivity index (χ0v) is 16.2. The molecule has 1 atom stereocenters. The topological polar surface area (TPSA) is 70.5 Å². The Bertz CT molecular complexity index is 1140. The van der Waals surface area contributed by atoms with Crippen LogP contribution in [-0.4, -0.2) is 26.7 Å². The highest BCUT2D eigenvalue weighted by atomic mass is 19.1. The SMILES string of the molecule is Cc1cccc(C2/C(=C(/O)c3ccc(F)cc3)C(=O)C(=O)N2Cc2ccncc2)c1. The lowest BCUT2D eigenvalue weighted by Gasteiger charge is -2.25. The molecule has 150 valence electrons. The van der Waals surface area contributed by atoms with Crippen molar-refractivity contribution in [3.8, 4) is 0 Å². The number of carbonyl (C=O) groups is 2. The molecule has 1 saturated heterocycles. The Morgan fingerprint density at radius 3 is 2.43 bits per heavy atom. The quantitative estimate of drug-likeness (QED) is 0.404. The van der Waals surface area contributed by atoms with Gasteiger partial charge in [0.05, 0.1) is 11.6 Å². The van der Waals surface area contributed by atoms with Gasteiger partial charge in [-0.05, 0) is 54.4 Å². The fourth-order valence-corrected chi connectivity index (χ4v) is 3.68. The van der Waals surface area contributed by atoms with E-state index in [4.69, 9.17) is 0 Å². The lowest BCUT2D eigenvalue weighted by atomic mass is 9.94. The van der Waals surface area contributed by atoms with Gasteiger partial charge >= 0.3 is 0 Å². The highest BCUT2D eigenvalue weighted by Gasteiger charge is 2.46. The summed E-state index contributed by atoms with van der Waals surface area (Å²) in [7, 11) is 0. The normalized spacial score (nSPS) is 18.1. The molecule has 3 aromatic rings. The van der Waals surface area contributed by atoms with E-state index in [1.165, 1.54) is 29.2 Å². The predicted octanol–water partition coefficient (Wildman–Crippen LogP) is 4.15. The van der Waals surface area contributed by atoms with Gasteiger partial charge in [0.25, 0.3) is 11.7 Å². The molecule has 0 saturated carbocycles. The first-order valence-electron chi connectivity index (χ1n) is 9.45. The van der Waals surface area contributed by atoms with Gasteiger partial charge in [0, 0.05) is 24.5 Å². The number of likely N-dealkylation sites (tertiary alicyclic amines) is 1. The van der Waals surface area contributed by atoms with Gasteiger partial charge in [0.1, 0.15) is 11.6 Å². The van der Waals surface area contributed by atoms with Crippen molar-refractivity contribution in [3.63, 3.8) is 0 Å². The summed E-state index contributed by atoms with van der Waals surface area (Å²) < 4.78 is 13.3. The lowest BCUT2D eigenvalue weighted by Crippen LogP contribution is -2.29. The monoisotopic (exact) mass is 402 g/mol. The maximum Gasteiger partial charge on any atom is 0.295 e. The summed E-state index contributed by atoms with van der Waals surface area (Å²) in [6.07, 6.45) is 3.23. The minimum absolute atomic E-state index is 0.00809. The first kappa shape index (κ1) is 19.5. The van der Waals surface area contributed by atoms with Gasteiger partial charge in [-0.2, -0.15) is 0 Å². The first-order valence-corrected chi connectivity index (χ1v) is 9.45. The van der Waals surface area contributed by atoms with Gasteiger partial charge in [-0.1, -0.05) is 29.8 Å².